The Hall–Kier alpha value is -1.06. The van der Waals surface area contributed by atoms with Crippen molar-refractivity contribution in [2.45, 2.75) is 43.9 Å². The third-order valence-corrected chi connectivity index (χ3v) is 5.59. The normalized spacial score (nSPS) is 32.1. The van der Waals surface area contributed by atoms with Crippen molar-refractivity contribution in [1.29, 1.82) is 0 Å². The Labute approximate surface area is 137 Å². The van der Waals surface area contributed by atoms with Gasteiger partial charge in [0, 0.05) is 19.6 Å². The molecule has 0 amide bonds. The van der Waals surface area contributed by atoms with Crippen LogP contribution >= 0.6 is 0 Å². The molecule has 3 atom stereocenters. The van der Waals surface area contributed by atoms with E-state index in [0.29, 0.717) is 0 Å². The zero-order valence-corrected chi connectivity index (χ0v) is 14.4. The van der Waals surface area contributed by atoms with Crippen molar-refractivity contribution < 1.29 is 17.9 Å². The largest absolute Gasteiger partial charge is 0.375 e. The molecular weight excluding hydrogens is 318 g/mol. The molecule has 0 saturated carbocycles. The van der Waals surface area contributed by atoms with Gasteiger partial charge in [-0.15, -0.1) is 0 Å². The Morgan fingerprint density at radius 2 is 2.22 bits per heavy atom. The number of sulfonamides is 1. The maximum Gasteiger partial charge on any atom is 0.237 e. The van der Waals surface area contributed by atoms with E-state index >= 15 is 0 Å². The van der Waals surface area contributed by atoms with Crippen molar-refractivity contribution in [2.75, 3.05) is 20.2 Å². The maximum absolute atomic E-state index is 12.8. The fourth-order valence-corrected chi connectivity index (χ4v) is 3.96. The van der Waals surface area contributed by atoms with Gasteiger partial charge in [-0.25, -0.2) is 13.6 Å². The van der Waals surface area contributed by atoms with E-state index in [0.717, 1.165) is 25.9 Å². The predicted molar refractivity (Wildman–Crippen MR) is 87.9 cm³/mol. The quantitative estimate of drug-likeness (QED) is 0.695. The van der Waals surface area contributed by atoms with Crippen molar-refractivity contribution in [3.05, 3.63) is 23.1 Å². The van der Waals surface area contributed by atoms with Crippen LogP contribution in [0.3, 0.4) is 0 Å². The molecule has 1 heterocycles. The van der Waals surface area contributed by atoms with E-state index in [2.05, 4.69) is 11.8 Å². The second-order valence-corrected chi connectivity index (χ2v) is 7.65. The summed E-state index contributed by atoms with van der Waals surface area (Å²) in [5.74, 6) is -0.236. The molecule has 1 saturated heterocycles. The number of ether oxygens (including phenoxy) is 1. The molecule has 0 radical (unpaired) electrons. The zero-order chi connectivity index (χ0) is 17.3. The molecule has 8 heteroatoms. The molecule has 0 aromatic rings. The first kappa shape index (κ1) is 18.3. The molecule has 2 rings (SSSR count). The number of likely N-dealkylation sites (tertiary alicyclic amines) is 1. The van der Waals surface area contributed by atoms with Crippen LogP contribution in [0.1, 0.15) is 26.2 Å². The first-order valence-corrected chi connectivity index (χ1v) is 9.30. The number of rotatable bonds is 6. The fourth-order valence-electron chi connectivity index (χ4n) is 3.33. The lowest BCUT2D eigenvalue weighted by Crippen LogP contribution is -2.58. The summed E-state index contributed by atoms with van der Waals surface area (Å²) in [5.41, 5.74) is 4.75. The summed E-state index contributed by atoms with van der Waals surface area (Å²) >= 11 is 0. The number of methoxy groups -OCH3 is 1. The van der Waals surface area contributed by atoms with Gasteiger partial charge in [0.1, 0.15) is 11.6 Å². The van der Waals surface area contributed by atoms with Gasteiger partial charge in [-0.2, -0.15) is 0 Å². The number of ketones is 1. The SMILES string of the molecule is CCN1CCCC1CC(=O)C1(N)C=C(S(N)(=O)=O)C=CC1OC. The molecule has 23 heavy (non-hydrogen) atoms. The Bertz CT molecular complexity index is 629. The molecule has 2 aliphatic rings. The van der Waals surface area contributed by atoms with E-state index < -0.39 is 21.7 Å². The number of Topliss-reactive ketones (excluding diaryl/α,β-unsaturated/α-hetero) is 1. The van der Waals surface area contributed by atoms with Gasteiger partial charge >= 0.3 is 0 Å². The number of hydrogen-bond acceptors (Lipinski definition) is 6. The number of carbonyl (C=O) groups excluding carboxylic acids is 1. The molecule has 1 aliphatic heterocycles. The lowest BCUT2D eigenvalue weighted by Gasteiger charge is -2.35. The summed E-state index contributed by atoms with van der Waals surface area (Å²) < 4.78 is 28.4. The number of hydrogen-bond donors (Lipinski definition) is 2. The van der Waals surface area contributed by atoms with Crippen molar-refractivity contribution in [1.82, 2.24) is 4.90 Å². The van der Waals surface area contributed by atoms with Gasteiger partial charge in [-0.1, -0.05) is 13.0 Å². The minimum Gasteiger partial charge on any atom is -0.375 e. The molecule has 7 nitrogen and oxygen atoms in total. The highest BCUT2D eigenvalue weighted by Gasteiger charge is 2.43. The van der Waals surface area contributed by atoms with Gasteiger partial charge in [0.2, 0.25) is 10.0 Å². The molecule has 0 spiro atoms. The third kappa shape index (κ3) is 3.72. The van der Waals surface area contributed by atoms with Crippen LogP contribution in [0.25, 0.3) is 0 Å². The van der Waals surface area contributed by atoms with Gasteiger partial charge in [0.25, 0.3) is 0 Å². The Morgan fingerprint density at radius 1 is 1.52 bits per heavy atom. The van der Waals surface area contributed by atoms with E-state index in [9.17, 15) is 13.2 Å². The van der Waals surface area contributed by atoms with Gasteiger partial charge in [-0.05, 0) is 38.1 Å². The number of nitrogens with zero attached hydrogens (tertiary/aromatic N) is 1. The van der Waals surface area contributed by atoms with Crippen LogP contribution in [-0.2, 0) is 19.6 Å². The fraction of sp³-hybridized carbons (Fsp3) is 0.667. The van der Waals surface area contributed by atoms with Gasteiger partial charge in [-0.3, -0.25) is 4.79 Å². The Kier molecular flexibility index (Phi) is 5.42. The molecule has 0 bridgehead atoms. The first-order valence-electron chi connectivity index (χ1n) is 7.75. The highest BCUT2D eigenvalue weighted by molar-refractivity contribution is 7.93. The molecule has 1 aliphatic carbocycles. The monoisotopic (exact) mass is 343 g/mol. The van der Waals surface area contributed by atoms with Crippen molar-refractivity contribution in [2.24, 2.45) is 10.9 Å². The predicted octanol–water partition coefficient (Wildman–Crippen LogP) is -0.115. The van der Waals surface area contributed by atoms with Crippen LogP contribution in [0.2, 0.25) is 0 Å². The molecule has 1 fully saturated rings. The van der Waals surface area contributed by atoms with Crippen LogP contribution in [0, 0.1) is 0 Å². The van der Waals surface area contributed by atoms with E-state index in [1.807, 2.05) is 0 Å². The second kappa shape index (κ2) is 6.82. The van der Waals surface area contributed by atoms with Crippen molar-refractivity contribution in [3.8, 4) is 0 Å². The third-order valence-electron chi connectivity index (χ3n) is 4.68. The van der Waals surface area contributed by atoms with E-state index in [-0.39, 0.29) is 23.2 Å². The van der Waals surface area contributed by atoms with E-state index in [1.165, 1.54) is 25.3 Å². The molecule has 0 aromatic heterocycles. The van der Waals surface area contributed by atoms with Gasteiger partial charge in [0.05, 0.1) is 4.91 Å². The zero-order valence-electron chi connectivity index (χ0n) is 13.6. The van der Waals surface area contributed by atoms with Crippen LogP contribution in [0.5, 0.6) is 0 Å². The summed E-state index contributed by atoms with van der Waals surface area (Å²) in [6.07, 6.45) is 5.58. The number of nitrogens with two attached hydrogens (primary N) is 2. The Morgan fingerprint density at radius 3 is 2.78 bits per heavy atom. The molecule has 130 valence electrons. The summed E-state index contributed by atoms with van der Waals surface area (Å²) in [5, 5.41) is 5.16. The van der Waals surface area contributed by atoms with E-state index in [4.69, 9.17) is 15.6 Å². The molecule has 0 aromatic carbocycles. The Balaban J connectivity index is 2.27. The molecule has 4 N–H and O–H groups in total. The summed E-state index contributed by atoms with van der Waals surface area (Å²) in [6, 6.07) is 0.141. The second-order valence-electron chi connectivity index (χ2n) is 6.09. The molecular formula is C15H25N3O4S. The van der Waals surface area contributed by atoms with Crippen LogP contribution in [0.15, 0.2) is 23.1 Å². The van der Waals surface area contributed by atoms with Gasteiger partial charge < -0.3 is 15.4 Å². The van der Waals surface area contributed by atoms with Gasteiger partial charge in [0.15, 0.2) is 5.78 Å². The van der Waals surface area contributed by atoms with Crippen LogP contribution in [-0.4, -0.2) is 57.0 Å². The number of carbonyl (C=O) groups is 1. The van der Waals surface area contributed by atoms with Crippen LogP contribution in [0.4, 0.5) is 0 Å². The average molecular weight is 343 g/mol. The standard InChI is InChI=1S/C15H25N3O4S/c1-3-18-8-4-5-11(18)9-13(19)15(16)10-12(23(17,20)21)6-7-14(15)22-2/h6-7,10-11,14H,3-5,8-9,16H2,1-2H3,(H2,17,20,21). The summed E-state index contributed by atoms with van der Waals surface area (Å²) in [6.45, 7) is 3.90. The van der Waals surface area contributed by atoms with E-state index in [1.54, 1.807) is 0 Å². The highest BCUT2D eigenvalue weighted by atomic mass is 32.2. The first-order chi connectivity index (χ1) is 10.7. The summed E-state index contributed by atoms with van der Waals surface area (Å²) in [7, 11) is -2.49. The number of allylic oxidation sites excluding steroid dienone is 1. The smallest absolute Gasteiger partial charge is 0.237 e. The van der Waals surface area contributed by atoms with Crippen molar-refractivity contribution in [3.63, 3.8) is 0 Å². The summed E-state index contributed by atoms with van der Waals surface area (Å²) in [4.78, 5) is 14.9. The lowest BCUT2D eigenvalue weighted by molar-refractivity contribution is -0.126. The number of primary sulfonamides is 1. The topological polar surface area (TPSA) is 116 Å². The minimum atomic E-state index is -3.93. The maximum atomic E-state index is 12.8. The van der Waals surface area contributed by atoms with Crippen molar-refractivity contribution >= 4 is 15.8 Å². The lowest BCUT2D eigenvalue weighted by atomic mass is 9.82. The van der Waals surface area contributed by atoms with Crippen LogP contribution < -0.4 is 10.9 Å². The minimum absolute atomic E-state index is 0.141. The average Bonchev–Trinajstić information content (AvgIpc) is 2.93. The molecule has 3 unspecified atom stereocenters. The highest BCUT2D eigenvalue weighted by Crippen LogP contribution is 2.29.